The summed E-state index contributed by atoms with van der Waals surface area (Å²) < 4.78 is 2.30. The Balaban J connectivity index is 0.000000178. The molecule has 2 aliphatic carbocycles. The van der Waals surface area contributed by atoms with Crippen molar-refractivity contribution in [3.8, 4) is 0 Å². The second-order valence-corrected chi connectivity index (χ2v) is 13.2. The Hall–Kier alpha value is -3.97. The average Bonchev–Trinajstić information content (AvgIpc) is 3.30. The lowest BCUT2D eigenvalue weighted by Gasteiger charge is -2.20. The van der Waals surface area contributed by atoms with Crippen LogP contribution in [0.5, 0.6) is 0 Å². The van der Waals surface area contributed by atoms with E-state index in [1.165, 1.54) is 24.0 Å². The number of aryl methyl sites for hydroxylation is 1. The molecule has 0 radical (unpaired) electrons. The lowest BCUT2D eigenvalue weighted by Crippen LogP contribution is -2.32. The Morgan fingerprint density at radius 3 is 2.35 bits per heavy atom. The minimum absolute atomic E-state index is 0.170. The molecule has 0 saturated heterocycles. The van der Waals surface area contributed by atoms with Gasteiger partial charge in [-0.1, -0.05) is 69.2 Å². The summed E-state index contributed by atoms with van der Waals surface area (Å²) >= 11 is 0. The number of imidazole rings is 1. The summed E-state index contributed by atoms with van der Waals surface area (Å²) in [6.45, 7) is 6.40. The highest BCUT2D eigenvalue weighted by atomic mass is 16.2. The summed E-state index contributed by atoms with van der Waals surface area (Å²) in [5.41, 5.74) is 13.1. The number of carbonyl (C=O) groups excluding carboxylic acids is 2. The van der Waals surface area contributed by atoms with E-state index in [0.717, 1.165) is 72.4 Å². The van der Waals surface area contributed by atoms with Gasteiger partial charge < -0.3 is 20.5 Å². The van der Waals surface area contributed by atoms with Crippen LogP contribution in [0.25, 0.3) is 11.0 Å². The molecule has 2 aliphatic heterocycles. The van der Waals surface area contributed by atoms with Gasteiger partial charge in [-0.05, 0) is 79.0 Å². The smallest absolute Gasteiger partial charge is 0.238 e. The van der Waals surface area contributed by atoms with Crippen molar-refractivity contribution in [2.75, 3.05) is 10.2 Å². The van der Waals surface area contributed by atoms with Crippen LogP contribution < -0.4 is 16.0 Å². The molecular weight excluding hydrogens is 534 g/mol. The first-order chi connectivity index (χ1) is 20.9. The van der Waals surface area contributed by atoms with Gasteiger partial charge in [0.15, 0.2) is 0 Å². The summed E-state index contributed by atoms with van der Waals surface area (Å²) in [6, 6.07) is 22.6. The lowest BCUT2D eigenvalue weighted by atomic mass is 9.80. The van der Waals surface area contributed by atoms with Crippen molar-refractivity contribution in [3.05, 3.63) is 89.2 Å². The SMILES string of the molecule is CC(C)CCn1c(CN2C(=O)C3(CC3)c3ccccc32)nc2cc(CN)ccc21.O=C1Nc2ccccc2C12CCCC2. The van der Waals surface area contributed by atoms with Gasteiger partial charge in [-0.3, -0.25) is 9.59 Å². The maximum atomic E-state index is 13.3. The van der Waals surface area contributed by atoms with E-state index in [0.29, 0.717) is 19.0 Å². The average molecular weight is 576 g/mol. The number of nitrogens with two attached hydrogens (primary N) is 1. The Labute approximate surface area is 253 Å². The molecule has 2 spiro atoms. The monoisotopic (exact) mass is 575 g/mol. The van der Waals surface area contributed by atoms with E-state index in [1.54, 1.807) is 0 Å². The van der Waals surface area contributed by atoms with Crippen molar-refractivity contribution in [1.82, 2.24) is 9.55 Å². The quantitative estimate of drug-likeness (QED) is 0.272. The number of carbonyl (C=O) groups is 2. The Bertz CT molecular complexity index is 1710. The molecule has 4 aromatic rings. The number of benzene rings is 3. The molecule has 3 aromatic carbocycles. The Kier molecular flexibility index (Phi) is 6.88. The van der Waals surface area contributed by atoms with Crippen LogP contribution in [0.1, 0.15) is 81.3 Å². The van der Waals surface area contributed by atoms with E-state index in [1.807, 2.05) is 35.2 Å². The number of nitrogens with zero attached hydrogens (tertiary/aromatic N) is 3. The van der Waals surface area contributed by atoms with Gasteiger partial charge in [-0.25, -0.2) is 4.98 Å². The highest BCUT2D eigenvalue weighted by Crippen LogP contribution is 2.57. The van der Waals surface area contributed by atoms with Gasteiger partial charge >= 0.3 is 0 Å². The van der Waals surface area contributed by atoms with Crippen LogP contribution in [0.4, 0.5) is 11.4 Å². The fourth-order valence-electron chi connectivity index (χ4n) is 7.46. The number of fused-ring (bicyclic) bond motifs is 5. The Morgan fingerprint density at radius 2 is 1.63 bits per heavy atom. The van der Waals surface area contributed by atoms with E-state index in [9.17, 15) is 9.59 Å². The molecule has 222 valence electrons. The van der Waals surface area contributed by atoms with Gasteiger partial charge in [-0.15, -0.1) is 0 Å². The van der Waals surface area contributed by atoms with Crippen molar-refractivity contribution >= 4 is 34.2 Å². The molecule has 0 bridgehead atoms. The van der Waals surface area contributed by atoms with Crippen LogP contribution in [0.3, 0.4) is 0 Å². The lowest BCUT2D eigenvalue weighted by molar-refractivity contribution is -0.121. The van der Waals surface area contributed by atoms with Gasteiger partial charge in [0, 0.05) is 24.5 Å². The number of nitrogens with one attached hydrogen (secondary N) is 1. The molecule has 2 fully saturated rings. The molecule has 0 atom stereocenters. The second-order valence-electron chi connectivity index (χ2n) is 13.2. The van der Waals surface area contributed by atoms with Crippen molar-refractivity contribution in [1.29, 1.82) is 0 Å². The number of anilines is 2. The first kappa shape index (κ1) is 27.8. The highest BCUT2D eigenvalue weighted by molar-refractivity contribution is 6.10. The normalized spacial score (nSPS) is 18.7. The van der Waals surface area contributed by atoms with Crippen LogP contribution in [-0.2, 0) is 40.1 Å². The third kappa shape index (κ3) is 4.56. The molecule has 3 heterocycles. The van der Waals surface area contributed by atoms with Gasteiger partial charge in [-0.2, -0.15) is 0 Å². The fourth-order valence-corrected chi connectivity index (χ4v) is 7.46. The second kappa shape index (κ2) is 10.6. The number of aromatic nitrogens is 2. The van der Waals surface area contributed by atoms with E-state index in [-0.39, 0.29) is 22.6 Å². The molecule has 7 heteroatoms. The molecular formula is C36H41N5O2. The van der Waals surface area contributed by atoms with Crippen LogP contribution >= 0.6 is 0 Å². The highest BCUT2D eigenvalue weighted by Gasteiger charge is 2.59. The number of hydrogen-bond acceptors (Lipinski definition) is 4. The molecule has 7 nitrogen and oxygen atoms in total. The van der Waals surface area contributed by atoms with Gasteiger partial charge in [0.1, 0.15) is 5.82 Å². The number of para-hydroxylation sites is 2. The van der Waals surface area contributed by atoms with E-state index in [4.69, 9.17) is 10.7 Å². The maximum Gasteiger partial charge on any atom is 0.238 e. The van der Waals surface area contributed by atoms with Crippen molar-refractivity contribution in [2.45, 2.75) is 89.3 Å². The van der Waals surface area contributed by atoms with Crippen LogP contribution in [0.2, 0.25) is 0 Å². The number of amides is 2. The molecule has 2 amide bonds. The summed E-state index contributed by atoms with van der Waals surface area (Å²) in [4.78, 5) is 32.2. The van der Waals surface area contributed by atoms with E-state index >= 15 is 0 Å². The molecule has 43 heavy (non-hydrogen) atoms. The van der Waals surface area contributed by atoms with E-state index < -0.39 is 0 Å². The standard InChI is InChI=1S/C24H28N4O.C12H13NO/c1-16(2)9-12-27-21-8-7-17(14-25)13-19(21)26-22(27)15-28-20-6-4-3-5-18(20)24(10-11-24)23(28)29;14-11-12(7-3-4-8-12)9-5-1-2-6-10(9)13-11/h3-8,13,16H,9-12,14-15,25H2,1-2H3;1-2,5-6H,3-4,7-8H2,(H,13,14). The largest absolute Gasteiger partial charge is 0.326 e. The van der Waals surface area contributed by atoms with Gasteiger partial charge in [0.25, 0.3) is 0 Å². The molecule has 8 rings (SSSR count). The van der Waals surface area contributed by atoms with Crippen molar-refractivity contribution < 1.29 is 9.59 Å². The van der Waals surface area contributed by atoms with Crippen molar-refractivity contribution in [2.24, 2.45) is 11.7 Å². The molecule has 0 unspecified atom stereocenters. The van der Waals surface area contributed by atoms with Crippen LogP contribution in [0.15, 0.2) is 66.7 Å². The van der Waals surface area contributed by atoms with E-state index in [2.05, 4.69) is 60.1 Å². The summed E-state index contributed by atoms with van der Waals surface area (Å²) in [5.74, 6) is 2.02. The molecule has 2 saturated carbocycles. The minimum atomic E-state index is -0.266. The third-order valence-corrected chi connectivity index (χ3v) is 10.1. The zero-order valence-corrected chi connectivity index (χ0v) is 25.2. The predicted molar refractivity (Wildman–Crippen MR) is 171 cm³/mol. The van der Waals surface area contributed by atoms with Gasteiger partial charge in [0.2, 0.25) is 11.8 Å². The zero-order chi connectivity index (χ0) is 29.8. The Morgan fingerprint density at radius 1 is 0.907 bits per heavy atom. The molecule has 3 N–H and O–H groups in total. The van der Waals surface area contributed by atoms with Crippen LogP contribution in [-0.4, -0.2) is 21.4 Å². The number of hydrogen-bond donors (Lipinski definition) is 2. The third-order valence-electron chi connectivity index (χ3n) is 10.1. The maximum absolute atomic E-state index is 13.3. The summed E-state index contributed by atoms with van der Waals surface area (Å²) in [6.07, 6.45) is 7.41. The first-order valence-electron chi connectivity index (χ1n) is 15.9. The summed E-state index contributed by atoms with van der Waals surface area (Å²) in [7, 11) is 0. The predicted octanol–water partition coefficient (Wildman–Crippen LogP) is 6.57. The number of rotatable bonds is 6. The minimum Gasteiger partial charge on any atom is -0.326 e. The first-order valence-corrected chi connectivity index (χ1v) is 15.9. The van der Waals surface area contributed by atoms with Crippen molar-refractivity contribution in [3.63, 3.8) is 0 Å². The summed E-state index contributed by atoms with van der Waals surface area (Å²) in [5, 5.41) is 2.99. The molecule has 4 aliphatic rings. The molecule has 1 aromatic heterocycles. The topological polar surface area (TPSA) is 93.2 Å². The van der Waals surface area contributed by atoms with Crippen LogP contribution in [0, 0.1) is 5.92 Å². The fraction of sp³-hybridized carbons (Fsp3) is 0.417. The zero-order valence-electron chi connectivity index (χ0n) is 25.2. The van der Waals surface area contributed by atoms with Gasteiger partial charge in [0.05, 0.1) is 28.4 Å².